The van der Waals surface area contributed by atoms with E-state index in [1.165, 1.54) is 14.7 Å². The van der Waals surface area contributed by atoms with E-state index in [0.717, 1.165) is 10.2 Å². The van der Waals surface area contributed by atoms with Gasteiger partial charge in [-0.3, -0.25) is 4.79 Å². The van der Waals surface area contributed by atoms with E-state index in [0.29, 0.717) is 17.1 Å². The fraction of sp³-hybridized carbons (Fsp3) is 0.267. The Kier molecular flexibility index (Phi) is 5.30. The van der Waals surface area contributed by atoms with Gasteiger partial charge in [0, 0.05) is 40.6 Å². The van der Waals surface area contributed by atoms with Gasteiger partial charge in [0.1, 0.15) is 0 Å². The van der Waals surface area contributed by atoms with Crippen molar-refractivity contribution in [1.29, 1.82) is 0 Å². The van der Waals surface area contributed by atoms with Crippen molar-refractivity contribution in [2.45, 2.75) is 13.5 Å². The Morgan fingerprint density at radius 2 is 2.10 bits per heavy atom. The normalized spacial score (nSPS) is 10.5. The summed E-state index contributed by atoms with van der Waals surface area (Å²) in [6, 6.07) is 7.52. The third kappa shape index (κ3) is 3.99. The highest BCUT2D eigenvalue weighted by Crippen LogP contribution is 2.27. The number of aryl methyl sites for hydroxylation is 1. The Bertz CT molecular complexity index is 650. The molecule has 0 saturated heterocycles. The minimum Gasteiger partial charge on any atom is -0.380 e. The van der Waals surface area contributed by atoms with Gasteiger partial charge < -0.3 is 10.2 Å². The molecule has 0 radical (unpaired) electrons. The van der Waals surface area contributed by atoms with Gasteiger partial charge in [0.2, 0.25) is 0 Å². The summed E-state index contributed by atoms with van der Waals surface area (Å²) in [4.78, 5) is 16.1. The van der Waals surface area contributed by atoms with Gasteiger partial charge in [-0.1, -0.05) is 11.6 Å². The molecule has 0 aliphatic carbocycles. The van der Waals surface area contributed by atoms with Gasteiger partial charge in [0.25, 0.3) is 5.91 Å². The summed E-state index contributed by atoms with van der Waals surface area (Å²) in [6.07, 6.45) is 0. The van der Waals surface area contributed by atoms with Crippen molar-refractivity contribution in [3.05, 3.63) is 49.1 Å². The molecule has 0 unspecified atom stereocenters. The molecule has 2 aromatic rings. The van der Waals surface area contributed by atoms with Crippen molar-refractivity contribution in [2.75, 3.05) is 19.4 Å². The summed E-state index contributed by atoms with van der Waals surface area (Å²) in [7, 11) is 3.43. The van der Waals surface area contributed by atoms with Crippen LogP contribution in [0.15, 0.2) is 28.7 Å². The maximum atomic E-state index is 12.0. The Labute approximate surface area is 142 Å². The zero-order valence-electron chi connectivity index (χ0n) is 12.0. The van der Waals surface area contributed by atoms with Gasteiger partial charge in [0.05, 0.1) is 10.6 Å². The monoisotopic (exact) mass is 386 g/mol. The Morgan fingerprint density at radius 3 is 2.67 bits per heavy atom. The lowest BCUT2D eigenvalue weighted by molar-refractivity contribution is 0.0828. The summed E-state index contributed by atoms with van der Waals surface area (Å²) in [5, 5.41) is 3.79. The topological polar surface area (TPSA) is 32.3 Å². The molecule has 0 bridgehead atoms. The predicted molar refractivity (Wildman–Crippen MR) is 93.6 cm³/mol. The molecule has 6 heteroatoms. The molecule has 0 atom stereocenters. The van der Waals surface area contributed by atoms with Crippen LogP contribution in [0.5, 0.6) is 0 Å². The molecule has 0 spiro atoms. The van der Waals surface area contributed by atoms with Crippen molar-refractivity contribution in [3.63, 3.8) is 0 Å². The summed E-state index contributed by atoms with van der Waals surface area (Å²) in [5.74, 6) is -0.0987. The number of anilines is 1. The van der Waals surface area contributed by atoms with Gasteiger partial charge in [-0.05, 0) is 47.1 Å². The summed E-state index contributed by atoms with van der Waals surface area (Å²) in [6.45, 7) is 2.79. The molecule has 112 valence electrons. The van der Waals surface area contributed by atoms with Crippen LogP contribution in [0.25, 0.3) is 0 Å². The molecule has 1 aromatic carbocycles. The van der Waals surface area contributed by atoms with Crippen molar-refractivity contribution in [1.82, 2.24) is 4.90 Å². The summed E-state index contributed by atoms with van der Waals surface area (Å²) in [5.41, 5.74) is 1.39. The molecule has 1 amide bonds. The zero-order chi connectivity index (χ0) is 15.6. The molecule has 1 aromatic heterocycles. The lowest BCUT2D eigenvalue weighted by Gasteiger charge is -2.13. The van der Waals surface area contributed by atoms with E-state index < -0.39 is 0 Å². The third-order valence-corrected chi connectivity index (χ3v) is 5.44. The standard InChI is InChI=1S/C15H16BrClN2OS/c1-9-13(16)7-11(21-9)8-18-10-4-5-14(17)12(6-10)15(20)19(2)3/h4-7,18H,8H2,1-3H3. The number of hydrogen-bond donors (Lipinski definition) is 1. The van der Waals surface area contributed by atoms with Crippen molar-refractivity contribution < 1.29 is 4.79 Å². The second-order valence-electron chi connectivity index (χ2n) is 4.86. The van der Waals surface area contributed by atoms with E-state index >= 15 is 0 Å². The number of nitrogens with zero attached hydrogens (tertiary/aromatic N) is 1. The molecule has 0 saturated carbocycles. The molecule has 3 nitrogen and oxygen atoms in total. The lowest BCUT2D eigenvalue weighted by atomic mass is 10.1. The van der Waals surface area contributed by atoms with Crippen LogP contribution in [0.3, 0.4) is 0 Å². The van der Waals surface area contributed by atoms with Gasteiger partial charge in [-0.15, -0.1) is 11.3 Å². The number of carbonyl (C=O) groups is 1. The average Bonchev–Trinajstić information content (AvgIpc) is 2.76. The Balaban J connectivity index is 2.14. The first-order chi connectivity index (χ1) is 9.88. The minimum atomic E-state index is -0.0987. The predicted octanol–water partition coefficient (Wildman–Crippen LogP) is 4.79. The zero-order valence-corrected chi connectivity index (χ0v) is 15.2. The maximum absolute atomic E-state index is 12.0. The molecular weight excluding hydrogens is 372 g/mol. The highest BCUT2D eigenvalue weighted by Gasteiger charge is 2.13. The van der Waals surface area contributed by atoms with Crippen LogP contribution in [0, 0.1) is 6.92 Å². The fourth-order valence-electron chi connectivity index (χ4n) is 1.83. The summed E-state index contributed by atoms with van der Waals surface area (Å²) >= 11 is 11.4. The van der Waals surface area contributed by atoms with Crippen LogP contribution in [-0.2, 0) is 6.54 Å². The lowest BCUT2D eigenvalue weighted by Crippen LogP contribution is -2.22. The minimum absolute atomic E-state index is 0.0987. The molecule has 2 rings (SSSR count). The Morgan fingerprint density at radius 1 is 1.38 bits per heavy atom. The van der Waals surface area contributed by atoms with E-state index in [9.17, 15) is 4.79 Å². The molecular formula is C15H16BrClN2OS. The highest BCUT2D eigenvalue weighted by atomic mass is 79.9. The van der Waals surface area contributed by atoms with Crippen LogP contribution in [0.1, 0.15) is 20.1 Å². The number of amides is 1. The van der Waals surface area contributed by atoms with E-state index in [1.54, 1.807) is 37.6 Å². The number of hydrogen-bond acceptors (Lipinski definition) is 3. The number of carbonyl (C=O) groups excluding carboxylic acids is 1. The van der Waals surface area contributed by atoms with Gasteiger partial charge >= 0.3 is 0 Å². The SMILES string of the molecule is Cc1sc(CNc2ccc(Cl)c(C(=O)N(C)C)c2)cc1Br. The number of thiophene rings is 1. The van der Waals surface area contributed by atoms with Crippen LogP contribution >= 0.6 is 38.9 Å². The highest BCUT2D eigenvalue weighted by molar-refractivity contribution is 9.10. The number of halogens is 2. The van der Waals surface area contributed by atoms with Gasteiger partial charge in [-0.2, -0.15) is 0 Å². The molecule has 0 aliphatic rings. The van der Waals surface area contributed by atoms with E-state index in [4.69, 9.17) is 11.6 Å². The van der Waals surface area contributed by atoms with E-state index in [-0.39, 0.29) is 5.91 Å². The molecule has 0 fully saturated rings. The molecule has 1 N–H and O–H groups in total. The summed E-state index contributed by atoms with van der Waals surface area (Å²) < 4.78 is 1.13. The van der Waals surface area contributed by atoms with Crippen molar-refractivity contribution >= 4 is 50.5 Å². The molecule has 21 heavy (non-hydrogen) atoms. The quantitative estimate of drug-likeness (QED) is 0.818. The fourth-order valence-corrected chi connectivity index (χ4v) is 3.57. The number of rotatable bonds is 4. The first kappa shape index (κ1) is 16.3. The maximum Gasteiger partial charge on any atom is 0.254 e. The first-order valence-electron chi connectivity index (χ1n) is 6.38. The largest absolute Gasteiger partial charge is 0.380 e. The van der Waals surface area contributed by atoms with Crippen LogP contribution in [0.4, 0.5) is 5.69 Å². The molecule has 0 aliphatic heterocycles. The van der Waals surface area contributed by atoms with Crippen LogP contribution < -0.4 is 5.32 Å². The number of nitrogens with one attached hydrogen (secondary N) is 1. The second kappa shape index (κ2) is 6.81. The van der Waals surface area contributed by atoms with Crippen molar-refractivity contribution in [3.8, 4) is 0 Å². The smallest absolute Gasteiger partial charge is 0.254 e. The van der Waals surface area contributed by atoms with Gasteiger partial charge in [0.15, 0.2) is 0 Å². The van der Waals surface area contributed by atoms with Crippen LogP contribution in [0.2, 0.25) is 5.02 Å². The molecule has 1 heterocycles. The van der Waals surface area contributed by atoms with E-state index in [1.807, 2.05) is 6.07 Å². The van der Waals surface area contributed by atoms with E-state index in [2.05, 4.69) is 34.2 Å². The van der Waals surface area contributed by atoms with Crippen LogP contribution in [-0.4, -0.2) is 24.9 Å². The number of benzene rings is 1. The first-order valence-corrected chi connectivity index (χ1v) is 8.37. The van der Waals surface area contributed by atoms with Gasteiger partial charge in [-0.25, -0.2) is 0 Å². The second-order valence-corrected chi connectivity index (χ2v) is 7.47. The third-order valence-electron chi connectivity index (χ3n) is 2.98. The Hall–Kier alpha value is -1.04. The average molecular weight is 388 g/mol. The van der Waals surface area contributed by atoms with Crippen molar-refractivity contribution in [2.24, 2.45) is 0 Å².